The molecular formula is C38H52N4O8. The summed E-state index contributed by atoms with van der Waals surface area (Å²) in [6.07, 6.45) is 15.1. The summed E-state index contributed by atoms with van der Waals surface area (Å²) in [7, 11) is 1.57. The second kappa shape index (κ2) is 17.0. The smallest absolute Gasteiger partial charge is 0.241 e. The minimum absolute atomic E-state index is 0.0897. The molecule has 4 aliphatic rings. The zero-order valence-electron chi connectivity index (χ0n) is 29.2. The van der Waals surface area contributed by atoms with Gasteiger partial charge < -0.3 is 38.7 Å². The predicted molar refractivity (Wildman–Crippen MR) is 187 cm³/mol. The van der Waals surface area contributed by atoms with E-state index < -0.39 is 18.1 Å². The second-order valence-electron chi connectivity index (χ2n) is 13.5. The van der Waals surface area contributed by atoms with Crippen LogP contribution in [0.15, 0.2) is 66.5 Å². The standard InChI is InChI=1S/C38H52N4O8/c1-4-19-46-27-15-16-32-30(23-27)36-28(13-7-10-18-44)26(12-6-9-17-43)22-29-31(40-45-3)24-33(38(50-32,37(29)36)48-20-5-2)42-34(25-39-41-42)49-35-14-8-11-21-47-35/h4-5,15-16,22-23,25-26,28,33,35-37,43-44H,1-2,6-14,17-21,24H2,3H3/t26-,28+,33-,35?,36+,37+,38+/m0/s1. The minimum Gasteiger partial charge on any atom is -0.490 e. The molecule has 7 atom stereocenters. The molecule has 3 heterocycles. The molecule has 0 amide bonds. The van der Waals surface area contributed by atoms with Crippen LogP contribution in [-0.4, -0.2) is 83.1 Å². The van der Waals surface area contributed by atoms with E-state index in [2.05, 4.69) is 40.8 Å². The van der Waals surface area contributed by atoms with Gasteiger partial charge in [-0.05, 0) is 74.1 Å². The number of benzene rings is 1. The van der Waals surface area contributed by atoms with E-state index in [0.29, 0.717) is 37.7 Å². The number of oxime groups is 1. The number of aromatic nitrogens is 3. The number of hydrogen-bond donors (Lipinski definition) is 2. The summed E-state index contributed by atoms with van der Waals surface area (Å²) in [5, 5.41) is 33.0. The highest BCUT2D eigenvalue weighted by atomic mass is 16.7. The number of aliphatic hydroxyl groups excluding tert-OH is 2. The molecule has 1 aromatic carbocycles. The van der Waals surface area contributed by atoms with Crippen LogP contribution >= 0.6 is 0 Å². The molecule has 50 heavy (non-hydrogen) atoms. The lowest BCUT2D eigenvalue weighted by Crippen LogP contribution is -2.63. The molecule has 0 bridgehead atoms. The Labute approximate surface area is 294 Å². The van der Waals surface area contributed by atoms with Crippen LogP contribution < -0.4 is 14.2 Å². The Kier molecular flexibility index (Phi) is 12.3. The molecule has 2 N–H and O–H groups in total. The van der Waals surface area contributed by atoms with Gasteiger partial charge in [0.1, 0.15) is 37.5 Å². The molecular weight excluding hydrogens is 640 g/mol. The Morgan fingerprint density at radius 3 is 2.64 bits per heavy atom. The zero-order chi connectivity index (χ0) is 34.9. The normalized spacial score (nSPS) is 29.3. The topological polar surface area (TPSA) is 139 Å². The molecule has 2 aliphatic carbocycles. The fraction of sp³-hybridized carbons (Fsp3) is 0.605. The van der Waals surface area contributed by atoms with Crippen LogP contribution in [0, 0.1) is 17.8 Å². The Morgan fingerprint density at radius 2 is 1.90 bits per heavy atom. The summed E-state index contributed by atoms with van der Waals surface area (Å²) in [5.41, 5.74) is 2.84. The van der Waals surface area contributed by atoms with Gasteiger partial charge in [-0.2, -0.15) is 0 Å². The Hall–Kier alpha value is -3.71. The lowest BCUT2D eigenvalue weighted by molar-refractivity contribution is -0.253. The molecule has 1 unspecified atom stereocenters. The summed E-state index contributed by atoms with van der Waals surface area (Å²) in [6, 6.07) is 5.42. The molecule has 2 aliphatic heterocycles. The van der Waals surface area contributed by atoms with Gasteiger partial charge in [0.2, 0.25) is 18.0 Å². The number of hydrogen-bond acceptors (Lipinski definition) is 11. The maximum atomic E-state index is 9.81. The van der Waals surface area contributed by atoms with Crippen molar-refractivity contribution in [1.82, 2.24) is 15.0 Å². The highest BCUT2D eigenvalue weighted by Gasteiger charge is 2.65. The number of rotatable bonds is 18. The van der Waals surface area contributed by atoms with Gasteiger partial charge >= 0.3 is 0 Å². The van der Waals surface area contributed by atoms with Crippen LogP contribution in [0.3, 0.4) is 0 Å². The molecule has 12 nitrogen and oxygen atoms in total. The first-order chi connectivity index (χ1) is 24.6. The first kappa shape index (κ1) is 36.1. The largest absolute Gasteiger partial charge is 0.490 e. The van der Waals surface area contributed by atoms with Crippen molar-refractivity contribution in [3.63, 3.8) is 0 Å². The van der Waals surface area contributed by atoms with Gasteiger partial charge in [0.05, 0.1) is 24.8 Å². The van der Waals surface area contributed by atoms with Crippen LogP contribution in [-0.2, 0) is 14.3 Å². The monoisotopic (exact) mass is 692 g/mol. The van der Waals surface area contributed by atoms with Gasteiger partial charge in [-0.15, -0.1) is 11.7 Å². The number of unbranched alkanes of at least 4 members (excludes halogenated alkanes) is 2. The van der Waals surface area contributed by atoms with Crippen molar-refractivity contribution in [3.8, 4) is 17.4 Å². The molecule has 6 rings (SSSR count). The molecule has 1 saturated carbocycles. The van der Waals surface area contributed by atoms with E-state index in [1.54, 1.807) is 30.1 Å². The van der Waals surface area contributed by atoms with Crippen molar-refractivity contribution in [2.75, 3.05) is 40.1 Å². The van der Waals surface area contributed by atoms with Gasteiger partial charge in [-0.25, -0.2) is 4.68 Å². The van der Waals surface area contributed by atoms with Crippen molar-refractivity contribution >= 4 is 5.71 Å². The summed E-state index contributed by atoms with van der Waals surface area (Å²) >= 11 is 0. The summed E-state index contributed by atoms with van der Waals surface area (Å²) < 4.78 is 34.3. The van der Waals surface area contributed by atoms with Crippen LogP contribution in [0.25, 0.3) is 0 Å². The number of fused-ring (bicyclic) bond motifs is 2. The highest BCUT2D eigenvalue weighted by molar-refractivity contribution is 6.02. The second-order valence-corrected chi connectivity index (χ2v) is 13.5. The summed E-state index contributed by atoms with van der Waals surface area (Å²) in [4.78, 5) is 5.52. The van der Waals surface area contributed by atoms with Crippen molar-refractivity contribution in [3.05, 3.63) is 66.9 Å². The third kappa shape index (κ3) is 7.35. The van der Waals surface area contributed by atoms with E-state index in [9.17, 15) is 10.2 Å². The maximum Gasteiger partial charge on any atom is 0.241 e. The van der Waals surface area contributed by atoms with Gasteiger partial charge in [0.15, 0.2) is 0 Å². The number of nitrogens with zero attached hydrogens (tertiary/aromatic N) is 4. The number of aliphatic hydroxyl groups is 2. The van der Waals surface area contributed by atoms with E-state index >= 15 is 0 Å². The predicted octanol–water partition coefficient (Wildman–Crippen LogP) is 5.88. The molecule has 1 saturated heterocycles. The van der Waals surface area contributed by atoms with E-state index in [-0.39, 0.29) is 43.5 Å². The molecule has 0 spiro atoms. The highest BCUT2D eigenvalue weighted by Crippen LogP contribution is 2.63. The van der Waals surface area contributed by atoms with Crippen LogP contribution in [0.5, 0.6) is 17.4 Å². The number of ether oxygens (including phenoxy) is 5. The SMILES string of the molecule is C=CCOc1ccc2c(c1)[C@H]1[C@H](CCCCO)[C@@H](CCCCO)C=C3C(=NOC)C[C@H](n4nncc4OC4CCCCO4)[C@@](OCC=C)(O2)[C@H]31. The van der Waals surface area contributed by atoms with E-state index in [0.717, 1.165) is 74.0 Å². The molecule has 1 aromatic heterocycles. The van der Waals surface area contributed by atoms with Crippen molar-refractivity contribution in [2.24, 2.45) is 22.9 Å². The Balaban J connectivity index is 1.55. The number of allylic oxidation sites excluding steroid dienone is 1. The van der Waals surface area contributed by atoms with Gasteiger partial charge in [0.25, 0.3) is 0 Å². The molecule has 2 fully saturated rings. The maximum absolute atomic E-state index is 9.81. The van der Waals surface area contributed by atoms with Gasteiger partial charge in [0, 0.05) is 37.5 Å². The molecule has 2 aromatic rings. The van der Waals surface area contributed by atoms with Gasteiger partial charge in [-0.1, -0.05) is 48.0 Å². The third-order valence-corrected chi connectivity index (χ3v) is 10.4. The van der Waals surface area contributed by atoms with E-state index in [1.807, 2.05) is 12.1 Å². The lowest BCUT2D eigenvalue weighted by Gasteiger charge is -2.58. The van der Waals surface area contributed by atoms with Crippen molar-refractivity contribution < 1.29 is 38.7 Å². The van der Waals surface area contributed by atoms with Crippen molar-refractivity contribution in [2.45, 2.75) is 88.2 Å². The zero-order valence-corrected chi connectivity index (χ0v) is 29.2. The minimum atomic E-state index is -1.27. The Bertz CT molecular complexity index is 1500. The quantitative estimate of drug-likeness (QED) is 0.111. The molecule has 0 radical (unpaired) electrons. The lowest BCUT2D eigenvalue weighted by atomic mass is 9.55. The van der Waals surface area contributed by atoms with Crippen LogP contribution in [0.1, 0.15) is 81.7 Å². The molecule has 12 heteroatoms. The van der Waals surface area contributed by atoms with Gasteiger partial charge in [-0.3, -0.25) is 0 Å². The first-order valence-corrected chi connectivity index (χ1v) is 18.1. The fourth-order valence-electron chi connectivity index (χ4n) is 8.41. The average molecular weight is 693 g/mol. The van der Waals surface area contributed by atoms with Crippen LogP contribution in [0.2, 0.25) is 0 Å². The molecule has 272 valence electrons. The fourth-order valence-corrected chi connectivity index (χ4v) is 8.41. The van der Waals surface area contributed by atoms with E-state index in [4.69, 9.17) is 28.5 Å². The first-order valence-electron chi connectivity index (χ1n) is 18.1. The van der Waals surface area contributed by atoms with Crippen molar-refractivity contribution in [1.29, 1.82) is 0 Å². The summed E-state index contributed by atoms with van der Waals surface area (Å²) in [5.74, 6) is 0.529. The average Bonchev–Trinajstić information content (AvgIpc) is 3.59. The van der Waals surface area contributed by atoms with Crippen LogP contribution in [0.4, 0.5) is 0 Å². The van der Waals surface area contributed by atoms with E-state index in [1.165, 1.54) is 0 Å². The Morgan fingerprint density at radius 1 is 1.08 bits per heavy atom. The summed E-state index contributed by atoms with van der Waals surface area (Å²) in [6.45, 7) is 9.35. The third-order valence-electron chi connectivity index (χ3n) is 10.4.